The van der Waals surface area contributed by atoms with E-state index in [2.05, 4.69) is 10.3 Å². The molecule has 0 aliphatic rings. The molecule has 1 unspecified atom stereocenters. The Balaban J connectivity index is 2.57. The second kappa shape index (κ2) is 5.48. The second-order valence-electron chi connectivity index (χ2n) is 4.20. The lowest BCUT2D eigenvalue weighted by Gasteiger charge is -2.09. The Labute approximate surface area is 116 Å². The van der Waals surface area contributed by atoms with Gasteiger partial charge in [0.15, 0.2) is 0 Å². The molecule has 2 aromatic rings. The molecule has 1 aromatic heterocycles. The first-order valence-corrected chi connectivity index (χ1v) is 6.39. The van der Waals surface area contributed by atoms with Crippen LogP contribution in [-0.2, 0) is 11.3 Å². The summed E-state index contributed by atoms with van der Waals surface area (Å²) in [7, 11) is 3.21. The first-order chi connectivity index (χ1) is 9.06. The Morgan fingerprint density at radius 2 is 2.32 bits per heavy atom. The van der Waals surface area contributed by atoms with Gasteiger partial charge in [-0.25, -0.2) is 4.98 Å². The van der Waals surface area contributed by atoms with Crippen molar-refractivity contribution in [2.45, 2.75) is 18.8 Å². The fourth-order valence-electron chi connectivity index (χ4n) is 1.95. The number of rotatable bonds is 4. The van der Waals surface area contributed by atoms with E-state index in [1.165, 1.54) is 0 Å². The van der Waals surface area contributed by atoms with Gasteiger partial charge in [-0.1, -0.05) is 0 Å². The van der Waals surface area contributed by atoms with Crippen LogP contribution in [0.5, 0.6) is 5.75 Å². The van der Waals surface area contributed by atoms with Gasteiger partial charge in [-0.15, -0.1) is 11.6 Å². The van der Waals surface area contributed by atoms with E-state index in [0.717, 1.165) is 16.8 Å². The summed E-state index contributed by atoms with van der Waals surface area (Å²) < 4.78 is 7.00. The molecule has 0 aliphatic heterocycles. The topological polar surface area (TPSA) is 56.2 Å². The van der Waals surface area contributed by atoms with Crippen LogP contribution in [-0.4, -0.2) is 29.6 Å². The zero-order chi connectivity index (χ0) is 14.0. The zero-order valence-corrected chi connectivity index (χ0v) is 11.9. The van der Waals surface area contributed by atoms with E-state index in [0.29, 0.717) is 5.82 Å². The zero-order valence-electron chi connectivity index (χ0n) is 11.1. The molecule has 5 nitrogen and oxygen atoms in total. The maximum Gasteiger partial charge on any atom is 0.239 e. The number of carbonyl (C=O) groups excluding carboxylic acids is 1. The van der Waals surface area contributed by atoms with Crippen molar-refractivity contribution in [2.24, 2.45) is 0 Å². The van der Waals surface area contributed by atoms with Gasteiger partial charge in [0.2, 0.25) is 5.91 Å². The number of ether oxygens (including phenoxy) is 1. The molecule has 0 fully saturated rings. The van der Waals surface area contributed by atoms with Crippen LogP contribution in [0.4, 0.5) is 0 Å². The second-order valence-corrected chi connectivity index (χ2v) is 4.85. The highest BCUT2D eigenvalue weighted by atomic mass is 35.5. The summed E-state index contributed by atoms with van der Waals surface area (Å²) in [5.74, 6) is 1.31. The monoisotopic (exact) mass is 281 g/mol. The number of hydrogen-bond donors (Lipinski definition) is 1. The van der Waals surface area contributed by atoms with Crippen LogP contribution in [0.1, 0.15) is 18.1 Å². The molecule has 0 aliphatic carbocycles. The molecular weight excluding hydrogens is 266 g/mol. The molecular formula is C13H16ClN3O2. The molecule has 6 heteroatoms. The first kappa shape index (κ1) is 13.7. The predicted molar refractivity (Wildman–Crippen MR) is 74.6 cm³/mol. The fraction of sp³-hybridized carbons (Fsp3) is 0.385. The van der Waals surface area contributed by atoms with E-state index < -0.39 is 0 Å². The van der Waals surface area contributed by atoms with Crippen LogP contribution in [0.15, 0.2) is 18.2 Å². The van der Waals surface area contributed by atoms with Crippen LogP contribution in [0.25, 0.3) is 11.0 Å². The largest absolute Gasteiger partial charge is 0.497 e. The van der Waals surface area contributed by atoms with Gasteiger partial charge in [-0.2, -0.15) is 0 Å². The smallest absolute Gasteiger partial charge is 0.239 e. The third-order valence-corrected chi connectivity index (χ3v) is 3.12. The maximum absolute atomic E-state index is 11.6. The van der Waals surface area contributed by atoms with E-state index in [4.69, 9.17) is 16.3 Å². The number of likely N-dealkylation sites (N-methyl/N-ethyl adjacent to an activating group) is 1. The number of carbonyl (C=O) groups is 1. The SMILES string of the molecule is CNC(=O)Cn1c(C(C)Cl)nc2cc(OC)ccc21. The normalized spacial score (nSPS) is 12.4. The van der Waals surface area contributed by atoms with E-state index in [1.807, 2.05) is 29.7 Å². The van der Waals surface area contributed by atoms with Crippen LogP contribution in [0.3, 0.4) is 0 Å². The summed E-state index contributed by atoms with van der Waals surface area (Å²) >= 11 is 6.13. The lowest BCUT2D eigenvalue weighted by molar-refractivity contribution is -0.121. The summed E-state index contributed by atoms with van der Waals surface area (Å²) in [6, 6.07) is 5.55. The molecule has 19 heavy (non-hydrogen) atoms. The van der Waals surface area contributed by atoms with Gasteiger partial charge in [0, 0.05) is 13.1 Å². The predicted octanol–water partition coefficient (Wildman–Crippen LogP) is 2.09. The van der Waals surface area contributed by atoms with Crippen molar-refractivity contribution in [3.63, 3.8) is 0 Å². The highest BCUT2D eigenvalue weighted by molar-refractivity contribution is 6.20. The summed E-state index contributed by atoms with van der Waals surface area (Å²) in [4.78, 5) is 16.1. The van der Waals surface area contributed by atoms with Crippen LogP contribution in [0.2, 0.25) is 0 Å². The Bertz CT molecular complexity index is 607. The summed E-state index contributed by atoms with van der Waals surface area (Å²) in [6.45, 7) is 2.03. The molecule has 1 atom stereocenters. The number of methoxy groups -OCH3 is 1. The van der Waals surface area contributed by atoms with E-state index in [9.17, 15) is 4.79 Å². The number of halogens is 1. The number of aromatic nitrogens is 2. The highest BCUT2D eigenvalue weighted by Crippen LogP contribution is 2.27. The fourth-order valence-corrected chi connectivity index (χ4v) is 2.11. The number of benzene rings is 1. The average molecular weight is 282 g/mol. The van der Waals surface area contributed by atoms with Crippen molar-refractivity contribution >= 4 is 28.5 Å². The van der Waals surface area contributed by atoms with Gasteiger partial charge >= 0.3 is 0 Å². The molecule has 102 valence electrons. The maximum atomic E-state index is 11.6. The number of fused-ring (bicyclic) bond motifs is 1. The molecule has 1 amide bonds. The van der Waals surface area contributed by atoms with E-state index >= 15 is 0 Å². The lowest BCUT2D eigenvalue weighted by Crippen LogP contribution is -2.24. The number of nitrogens with zero attached hydrogens (tertiary/aromatic N) is 2. The molecule has 2 rings (SSSR count). The van der Waals surface area contributed by atoms with Gasteiger partial charge in [0.25, 0.3) is 0 Å². The summed E-state index contributed by atoms with van der Waals surface area (Å²) in [5.41, 5.74) is 1.64. The summed E-state index contributed by atoms with van der Waals surface area (Å²) in [5, 5.41) is 2.33. The minimum atomic E-state index is -0.275. The molecule has 0 saturated heterocycles. The van der Waals surface area contributed by atoms with E-state index in [-0.39, 0.29) is 17.8 Å². The molecule has 0 radical (unpaired) electrons. The standard InChI is InChI=1S/C13H16ClN3O2/c1-8(14)13-16-10-6-9(19-3)4-5-11(10)17(13)7-12(18)15-2/h4-6,8H,7H2,1-3H3,(H,15,18). The van der Waals surface area contributed by atoms with Crippen LogP contribution >= 0.6 is 11.6 Å². The van der Waals surface area contributed by atoms with Crippen molar-refractivity contribution < 1.29 is 9.53 Å². The Kier molecular flexibility index (Phi) is 3.95. The lowest BCUT2D eigenvalue weighted by atomic mass is 10.3. The Hall–Kier alpha value is -1.75. The van der Waals surface area contributed by atoms with Crippen molar-refractivity contribution in [3.8, 4) is 5.75 Å². The minimum absolute atomic E-state index is 0.0892. The molecule has 1 heterocycles. The van der Waals surface area contributed by atoms with Crippen molar-refractivity contribution in [1.82, 2.24) is 14.9 Å². The number of hydrogen-bond acceptors (Lipinski definition) is 3. The number of alkyl halides is 1. The van der Waals surface area contributed by atoms with Gasteiger partial charge in [0.1, 0.15) is 18.1 Å². The quantitative estimate of drug-likeness (QED) is 0.873. The van der Waals surface area contributed by atoms with Gasteiger partial charge < -0.3 is 14.6 Å². The molecule has 1 aromatic carbocycles. The molecule has 0 spiro atoms. The van der Waals surface area contributed by atoms with Crippen molar-refractivity contribution in [3.05, 3.63) is 24.0 Å². The van der Waals surface area contributed by atoms with E-state index in [1.54, 1.807) is 14.2 Å². The van der Waals surface area contributed by atoms with Crippen molar-refractivity contribution in [2.75, 3.05) is 14.2 Å². The minimum Gasteiger partial charge on any atom is -0.497 e. The van der Waals surface area contributed by atoms with Gasteiger partial charge in [-0.3, -0.25) is 4.79 Å². The molecule has 1 N–H and O–H groups in total. The number of imidazole rings is 1. The Morgan fingerprint density at radius 1 is 1.58 bits per heavy atom. The van der Waals surface area contributed by atoms with Crippen LogP contribution < -0.4 is 10.1 Å². The summed E-state index contributed by atoms with van der Waals surface area (Å²) in [6.07, 6.45) is 0. The third kappa shape index (κ3) is 2.66. The molecule has 0 bridgehead atoms. The first-order valence-electron chi connectivity index (χ1n) is 5.95. The van der Waals surface area contributed by atoms with Gasteiger partial charge in [-0.05, 0) is 19.1 Å². The average Bonchev–Trinajstić information content (AvgIpc) is 2.76. The Morgan fingerprint density at radius 3 is 2.89 bits per heavy atom. The number of nitrogens with one attached hydrogen (secondary N) is 1. The van der Waals surface area contributed by atoms with Crippen LogP contribution in [0, 0.1) is 0 Å². The van der Waals surface area contributed by atoms with Crippen molar-refractivity contribution in [1.29, 1.82) is 0 Å². The third-order valence-electron chi connectivity index (χ3n) is 2.92. The number of amides is 1. The van der Waals surface area contributed by atoms with Gasteiger partial charge in [0.05, 0.1) is 23.5 Å². The highest BCUT2D eigenvalue weighted by Gasteiger charge is 2.17. The molecule has 0 saturated carbocycles.